The van der Waals surface area contributed by atoms with Gasteiger partial charge in [0.1, 0.15) is 5.75 Å². The summed E-state index contributed by atoms with van der Waals surface area (Å²) in [6.07, 6.45) is -6.13. The summed E-state index contributed by atoms with van der Waals surface area (Å²) in [4.78, 5) is 40.3. The fourth-order valence-electron chi connectivity index (χ4n) is 2.09. The van der Waals surface area contributed by atoms with Gasteiger partial charge in [-0.15, -0.1) is 13.2 Å². The molecule has 27 heavy (non-hydrogen) atoms. The van der Waals surface area contributed by atoms with E-state index >= 15 is 0 Å². The standard InChI is InChI=1S/C15H15F3N4O4S/c1-7(23)19-12(20-8(2)24)13(25)22(3)14-21-10-5-4-9(6-11(10)27-14)26-15(16,17)18/h4-6,12H,1-3H3,(H,19,23)(H,20,24). The van der Waals surface area contributed by atoms with Crippen LogP contribution in [0.1, 0.15) is 13.8 Å². The number of carbonyl (C=O) groups excluding carboxylic acids is 3. The van der Waals surface area contributed by atoms with Crippen LogP contribution in [0.2, 0.25) is 0 Å². The van der Waals surface area contributed by atoms with Crippen molar-refractivity contribution in [3.05, 3.63) is 18.2 Å². The smallest absolute Gasteiger partial charge is 0.406 e. The number of fused-ring (bicyclic) bond motifs is 1. The molecule has 2 aromatic rings. The van der Waals surface area contributed by atoms with E-state index in [0.717, 1.165) is 28.4 Å². The molecule has 3 amide bonds. The van der Waals surface area contributed by atoms with Gasteiger partial charge >= 0.3 is 6.36 Å². The van der Waals surface area contributed by atoms with E-state index in [-0.39, 0.29) is 5.13 Å². The Kier molecular flexibility index (Phi) is 5.88. The Morgan fingerprint density at radius 3 is 2.30 bits per heavy atom. The molecular weight excluding hydrogens is 389 g/mol. The summed E-state index contributed by atoms with van der Waals surface area (Å²) >= 11 is 0.950. The molecule has 0 aliphatic heterocycles. The molecule has 0 atom stereocenters. The molecule has 0 aliphatic rings. The van der Waals surface area contributed by atoms with Gasteiger partial charge in [0, 0.05) is 27.0 Å². The molecule has 12 heteroatoms. The number of alkyl halides is 3. The van der Waals surface area contributed by atoms with Crippen LogP contribution >= 0.6 is 11.3 Å². The fraction of sp³-hybridized carbons (Fsp3) is 0.333. The maximum absolute atomic E-state index is 12.5. The van der Waals surface area contributed by atoms with Crippen LogP contribution in [0.5, 0.6) is 5.75 Å². The Bertz CT molecular complexity index is 868. The molecule has 0 saturated carbocycles. The van der Waals surface area contributed by atoms with Gasteiger partial charge in [0.25, 0.3) is 5.91 Å². The number of hydrogen-bond donors (Lipinski definition) is 2. The maximum atomic E-state index is 12.5. The van der Waals surface area contributed by atoms with Crippen LogP contribution in [0.15, 0.2) is 18.2 Å². The summed E-state index contributed by atoms with van der Waals surface area (Å²) in [6, 6.07) is 3.59. The number of halogens is 3. The van der Waals surface area contributed by atoms with Gasteiger partial charge in [0.15, 0.2) is 11.3 Å². The first-order valence-electron chi connectivity index (χ1n) is 7.44. The van der Waals surface area contributed by atoms with Crippen LogP contribution < -0.4 is 20.3 Å². The molecule has 0 radical (unpaired) electrons. The van der Waals surface area contributed by atoms with Gasteiger partial charge < -0.3 is 15.4 Å². The number of hydrogen-bond acceptors (Lipinski definition) is 6. The molecule has 1 aromatic carbocycles. The molecule has 0 unspecified atom stereocenters. The van der Waals surface area contributed by atoms with Crippen molar-refractivity contribution < 1.29 is 32.3 Å². The number of thiazole rings is 1. The van der Waals surface area contributed by atoms with Gasteiger partial charge in [0.05, 0.1) is 10.2 Å². The minimum atomic E-state index is -4.82. The van der Waals surface area contributed by atoms with Gasteiger partial charge in [-0.3, -0.25) is 19.3 Å². The van der Waals surface area contributed by atoms with Crippen molar-refractivity contribution in [3.8, 4) is 5.75 Å². The highest BCUT2D eigenvalue weighted by Crippen LogP contribution is 2.33. The zero-order chi connectivity index (χ0) is 20.4. The lowest BCUT2D eigenvalue weighted by atomic mass is 10.3. The minimum Gasteiger partial charge on any atom is -0.406 e. The lowest BCUT2D eigenvalue weighted by molar-refractivity contribution is -0.274. The predicted molar refractivity (Wildman–Crippen MR) is 91.1 cm³/mol. The first-order valence-corrected chi connectivity index (χ1v) is 8.26. The molecule has 8 nitrogen and oxygen atoms in total. The van der Waals surface area contributed by atoms with E-state index in [1.165, 1.54) is 27.0 Å². The lowest BCUT2D eigenvalue weighted by Gasteiger charge is -2.22. The molecule has 0 bridgehead atoms. The van der Waals surface area contributed by atoms with E-state index in [4.69, 9.17) is 0 Å². The zero-order valence-corrected chi connectivity index (χ0v) is 15.2. The van der Waals surface area contributed by atoms with E-state index in [9.17, 15) is 27.6 Å². The number of aromatic nitrogens is 1. The number of benzene rings is 1. The molecule has 0 aliphatic carbocycles. The maximum Gasteiger partial charge on any atom is 0.573 e. The van der Waals surface area contributed by atoms with E-state index in [1.54, 1.807) is 0 Å². The van der Waals surface area contributed by atoms with Crippen molar-refractivity contribution in [2.24, 2.45) is 0 Å². The number of amides is 3. The third-order valence-corrected chi connectivity index (χ3v) is 4.24. The van der Waals surface area contributed by atoms with Crippen molar-refractivity contribution in [1.29, 1.82) is 0 Å². The van der Waals surface area contributed by atoms with Crippen molar-refractivity contribution in [2.45, 2.75) is 26.4 Å². The van der Waals surface area contributed by atoms with Crippen molar-refractivity contribution in [2.75, 3.05) is 11.9 Å². The molecule has 1 aromatic heterocycles. The first-order chi connectivity index (χ1) is 12.5. The van der Waals surface area contributed by atoms with Gasteiger partial charge in [-0.05, 0) is 12.1 Å². The number of likely N-dealkylation sites (N-methyl/N-ethyl adjacent to an activating group) is 1. The second kappa shape index (κ2) is 7.78. The summed E-state index contributed by atoms with van der Waals surface area (Å²) < 4.78 is 41.2. The van der Waals surface area contributed by atoms with Crippen molar-refractivity contribution in [1.82, 2.24) is 15.6 Å². The Balaban J connectivity index is 2.27. The number of anilines is 1. The average molecular weight is 404 g/mol. The zero-order valence-electron chi connectivity index (χ0n) is 14.4. The van der Waals surface area contributed by atoms with E-state index in [2.05, 4.69) is 20.4 Å². The van der Waals surface area contributed by atoms with Crippen LogP contribution in [0.25, 0.3) is 10.2 Å². The largest absolute Gasteiger partial charge is 0.573 e. The normalized spacial score (nSPS) is 11.4. The minimum absolute atomic E-state index is 0.167. The van der Waals surface area contributed by atoms with E-state index in [1.807, 2.05) is 0 Å². The molecule has 2 rings (SSSR count). The number of carbonyl (C=O) groups is 3. The third-order valence-electron chi connectivity index (χ3n) is 3.14. The number of rotatable bonds is 5. The third kappa shape index (κ3) is 5.54. The highest BCUT2D eigenvalue weighted by molar-refractivity contribution is 7.22. The molecule has 0 saturated heterocycles. The van der Waals surface area contributed by atoms with Crippen LogP contribution in [0.4, 0.5) is 18.3 Å². The van der Waals surface area contributed by atoms with Gasteiger partial charge in [-0.1, -0.05) is 11.3 Å². The van der Waals surface area contributed by atoms with E-state index < -0.39 is 36.0 Å². The molecule has 1 heterocycles. The van der Waals surface area contributed by atoms with Crippen LogP contribution in [-0.4, -0.2) is 42.3 Å². The molecular formula is C15H15F3N4O4S. The van der Waals surface area contributed by atoms with Gasteiger partial charge in [-0.25, -0.2) is 4.98 Å². The second-order valence-electron chi connectivity index (χ2n) is 5.41. The van der Waals surface area contributed by atoms with Crippen molar-refractivity contribution in [3.63, 3.8) is 0 Å². The summed E-state index contributed by atoms with van der Waals surface area (Å²) in [5.74, 6) is -2.15. The quantitative estimate of drug-likeness (QED) is 0.740. The predicted octanol–water partition coefficient (Wildman–Crippen LogP) is 1.76. The first kappa shape index (κ1) is 20.4. The summed E-state index contributed by atoms with van der Waals surface area (Å²) in [7, 11) is 1.36. The average Bonchev–Trinajstić information content (AvgIpc) is 2.93. The Morgan fingerprint density at radius 2 is 1.78 bits per heavy atom. The molecule has 2 N–H and O–H groups in total. The number of ether oxygens (including phenoxy) is 1. The highest BCUT2D eigenvalue weighted by atomic mass is 32.1. The number of nitrogens with one attached hydrogen (secondary N) is 2. The topological polar surface area (TPSA) is 101 Å². The lowest BCUT2D eigenvalue weighted by Crippen LogP contribution is -2.56. The second-order valence-corrected chi connectivity index (χ2v) is 6.41. The van der Waals surface area contributed by atoms with Crippen LogP contribution in [0, 0.1) is 0 Å². The molecule has 0 fully saturated rings. The van der Waals surface area contributed by atoms with Crippen LogP contribution in [-0.2, 0) is 14.4 Å². The Labute approximate surface area is 155 Å². The fourth-order valence-corrected chi connectivity index (χ4v) is 3.05. The summed E-state index contributed by atoms with van der Waals surface area (Å²) in [6.45, 7) is 2.37. The van der Waals surface area contributed by atoms with Crippen LogP contribution in [0.3, 0.4) is 0 Å². The Hall–Kier alpha value is -2.89. The SMILES string of the molecule is CC(=O)NC(NC(C)=O)C(=O)N(C)c1nc2ccc(OC(F)(F)F)cc2s1. The van der Waals surface area contributed by atoms with E-state index in [0.29, 0.717) is 10.2 Å². The summed E-state index contributed by atoms with van der Waals surface area (Å²) in [5, 5.41) is 4.77. The molecule has 146 valence electrons. The molecule has 0 spiro atoms. The van der Waals surface area contributed by atoms with Gasteiger partial charge in [0.2, 0.25) is 11.8 Å². The monoisotopic (exact) mass is 404 g/mol. The number of nitrogens with zero attached hydrogens (tertiary/aromatic N) is 2. The Morgan fingerprint density at radius 1 is 1.19 bits per heavy atom. The van der Waals surface area contributed by atoms with Crippen molar-refractivity contribution >= 4 is 44.4 Å². The van der Waals surface area contributed by atoms with Gasteiger partial charge in [-0.2, -0.15) is 0 Å². The highest BCUT2D eigenvalue weighted by Gasteiger charge is 2.31. The summed E-state index contributed by atoms with van der Waals surface area (Å²) in [5.41, 5.74) is 0.361.